The van der Waals surface area contributed by atoms with Crippen LogP contribution in [0, 0.1) is 17.8 Å². The fraction of sp³-hybridized carbons (Fsp3) is 0.652. The second kappa shape index (κ2) is 4.97. The first kappa shape index (κ1) is 16.6. The first-order chi connectivity index (χ1) is 13.0. The lowest BCUT2D eigenvalue weighted by atomic mass is 9.60. The normalized spacial score (nSPS) is 53.6. The van der Waals surface area contributed by atoms with Crippen LogP contribution >= 0.6 is 0 Å². The van der Waals surface area contributed by atoms with Gasteiger partial charge in [-0.05, 0) is 30.0 Å². The van der Waals surface area contributed by atoms with Crippen molar-refractivity contribution in [3.63, 3.8) is 0 Å². The summed E-state index contributed by atoms with van der Waals surface area (Å²) in [6.07, 6.45) is 4.52. The summed E-state index contributed by atoms with van der Waals surface area (Å²) in [7, 11) is 2.21. The van der Waals surface area contributed by atoms with Crippen LogP contribution in [0.15, 0.2) is 36.9 Å². The third-order valence-corrected chi connectivity index (χ3v) is 9.56. The fourth-order valence-electron chi connectivity index (χ4n) is 8.98. The van der Waals surface area contributed by atoms with E-state index in [0.29, 0.717) is 29.8 Å². The van der Waals surface area contributed by atoms with Gasteiger partial charge >= 0.3 is 0 Å². The number of aliphatic hydroxyl groups is 2. The third kappa shape index (κ3) is 1.47. The molecule has 144 valence electrons. The Morgan fingerprint density at radius 3 is 2.81 bits per heavy atom. The second-order valence-corrected chi connectivity index (χ2v) is 9.83. The predicted octanol–water partition coefficient (Wildman–Crippen LogP) is 2.26. The molecule has 0 amide bonds. The summed E-state index contributed by atoms with van der Waals surface area (Å²) in [5.74, 6) is 1.05. The number of quaternary nitrogens is 1. The zero-order valence-electron chi connectivity index (χ0n) is 16.3. The van der Waals surface area contributed by atoms with Gasteiger partial charge in [0.25, 0.3) is 0 Å². The summed E-state index contributed by atoms with van der Waals surface area (Å²) >= 11 is 0. The van der Waals surface area contributed by atoms with Gasteiger partial charge in [-0.25, -0.2) is 0 Å². The van der Waals surface area contributed by atoms with Gasteiger partial charge in [-0.3, -0.25) is 4.48 Å². The number of fused-ring (bicyclic) bond motifs is 2. The summed E-state index contributed by atoms with van der Waals surface area (Å²) in [5.41, 5.74) is 2.47. The van der Waals surface area contributed by atoms with E-state index in [2.05, 4.69) is 49.7 Å². The fourth-order valence-corrected chi connectivity index (χ4v) is 8.98. The highest BCUT2D eigenvalue weighted by molar-refractivity contribution is 5.66. The van der Waals surface area contributed by atoms with Crippen molar-refractivity contribution >= 4 is 5.69 Å². The van der Waals surface area contributed by atoms with E-state index < -0.39 is 0 Å². The van der Waals surface area contributed by atoms with Crippen LogP contribution < -0.4 is 4.90 Å². The van der Waals surface area contributed by atoms with Crippen LogP contribution in [-0.4, -0.2) is 58.7 Å². The van der Waals surface area contributed by atoms with Crippen LogP contribution in [0.4, 0.5) is 5.69 Å². The van der Waals surface area contributed by atoms with Crippen LogP contribution in [0.1, 0.15) is 31.7 Å². The molecular formula is C23H31N2O2+. The highest BCUT2D eigenvalue weighted by Crippen LogP contribution is 2.71. The van der Waals surface area contributed by atoms with Crippen molar-refractivity contribution in [1.29, 1.82) is 0 Å². The summed E-state index contributed by atoms with van der Waals surface area (Å²) in [6.45, 7) is 7.10. The molecule has 4 nitrogen and oxygen atoms in total. The monoisotopic (exact) mass is 367 g/mol. The van der Waals surface area contributed by atoms with Gasteiger partial charge in [0.2, 0.25) is 0 Å². The average Bonchev–Trinajstić information content (AvgIpc) is 3.06. The molecule has 5 fully saturated rings. The summed E-state index contributed by atoms with van der Waals surface area (Å²) in [6, 6.07) is 9.71. The molecular weight excluding hydrogens is 336 g/mol. The summed E-state index contributed by atoms with van der Waals surface area (Å²) in [4.78, 5) is 2.44. The number of hydrogen-bond acceptors (Lipinski definition) is 3. The number of anilines is 1. The Bertz CT molecular complexity index is 826. The Morgan fingerprint density at radius 1 is 1.30 bits per heavy atom. The Labute approximate surface area is 161 Å². The van der Waals surface area contributed by atoms with Gasteiger partial charge in [-0.15, -0.1) is 0 Å². The lowest BCUT2D eigenvalue weighted by Crippen LogP contribution is -2.82. The largest absolute Gasteiger partial charge is 0.392 e. The number of aliphatic hydroxyl groups excluding tert-OH is 2. The van der Waals surface area contributed by atoms with Gasteiger partial charge in [0.1, 0.15) is 6.04 Å². The minimum Gasteiger partial charge on any atom is -0.392 e. The summed E-state index contributed by atoms with van der Waals surface area (Å²) < 4.78 is 0.755. The van der Waals surface area contributed by atoms with Gasteiger partial charge in [-0.1, -0.05) is 31.7 Å². The van der Waals surface area contributed by atoms with Crippen molar-refractivity contribution in [2.75, 3.05) is 18.5 Å². The molecule has 4 saturated heterocycles. The zero-order chi connectivity index (χ0) is 18.7. The molecule has 6 aliphatic rings. The molecule has 0 radical (unpaired) electrons. The minimum absolute atomic E-state index is 0.161. The molecule has 5 bridgehead atoms. The zero-order valence-corrected chi connectivity index (χ0v) is 16.3. The number of rotatable bonds is 3. The van der Waals surface area contributed by atoms with E-state index >= 15 is 0 Å². The Morgan fingerprint density at radius 2 is 2.07 bits per heavy atom. The quantitative estimate of drug-likeness (QED) is 0.636. The van der Waals surface area contributed by atoms with Crippen molar-refractivity contribution in [2.24, 2.45) is 17.8 Å². The topological polar surface area (TPSA) is 43.7 Å². The minimum atomic E-state index is -0.321. The van der Waals surface area contributed by atoms with Crippen molar-refractivity contribution in [2.45, 2.75) is 62.1 Å². The highest BCUT2D eigenvalue weighted by atomic mass is 16.3. The van der Waals surface area contributed by atoms with Crippen molar-refractivity contribution < 1.29 is 14.7 Å². The van der Waals surface area contributed by atoms with Crippen LogP contribution in [-0.2, 0) is 5.41 Å². The lowest BCUT2D eigenvalue weighted by molar-refractivity contribution is -1.03. The van der Waals surface area contributed by atoms with Crippen LogP contribution in [0.5, 0.6) is 0 Å². The number of hydrogen-bond donors (Lipinski definition) is 2. The van der Waals surface area contributed by atoms with E-state index in [1.54, 1.807) is 0 Å². The van der Waals surface area contributed by atoms with Crippen molar-refractivity contribution in [1.82, 2.24) is 0 Å². The molecule has 5 heterocycles. The van der Waals surface area contributed by atoms with E-state index in [1.165, 1.54) is 11.3 Å². The third-order valence-electron chi connectivity index (χ3n) is 9.56. The average molecular weight is 368 g/mol. The van der Waals surface area contributed by atoms with Gasteiger partial charge < -0.3 is 15.1 Å². The number of para-hydroxylation sites is 1. The first-order valence-electron chi connectivity index (χ1n) is 10.7. The van der Waals surface area contributed by atoms with Crippen LogP contribution in [0.3, 0.4) is 0 Å². The van der Waals surface area contributed by atoms with E-state index in [9.17, 15) is 10.2 Å². The molecule has 1 spiro atoms. The molecule has 2 N–H and O–H groups in total. The standard InChI is InChI=1S/C23H31N2O2/c1-4-10-25-17-11-14(13(5-2)22(25)27)19-18(25)12-23(21(19)26)15-8-6-7-9-16(15)24(3)20(17)23/h4,6-9,13-14,17-22,26-27H,1,5,10-12H2,2-3H3/q+1/t13-,14-,17-,18+,19-,20-,21+,22-,23-,25?/m1/s1. The Balaban J connectivity index is 1.63. The molecule has 1 aromatic carbocycles. The smallest absolute Gasteiger partial charge is 0.194 e. The van der Waals surface area contributed by atoms with Gasteiger partial charge in [0.15, 0.2) is 6.23 Å². The Kier molecular flexibility index (Phi) is 3.05. The second-order valence-electron chi connectivity index (χ2n) is 9.83. The van der Waals surface area contributed by atoms with E-state index in [1.807, 2.05) is 6.08 Å². The summed E-state index contributed by atoms with van der Waals surface area (Å²) in [5, 5.41) is 23.5. The number of piperidine rings is 4. The molecule has 10 atom stereocenters. The highest BCUT2D eigenvalue weighted by Gasteiger charge is 2.82. The number of likely N-dealkylation sites (N-methyl/N-ethyl adjacent to an activating group) is 1. The molecule has 1 aromatic rings. The SMILES string of the molecule is C=CC[N+]12[C@H](O)[C@H](CC)[C@H]3C[C@@H]1[C@H]1N(C)c4ccccc4[C@]14C[C@H]2[C@@H]3[C@@H]4O. The molecule has 7 rings (SSSR count). The Hall–Kier alpha value is -1.36. The molecule has 1 unspecified atom stereocenters. The first-order valence-corrected chi connectivity index (χ1v) is 10.7. The number of nitrogens with zero attached hydrogens (tertiary/aromatic N) is 2. The molecule has 0 aromatic heterocycles. The lowest BCUT2D eigenvalue weighted by Gasteiger charge is -2.67. The maximum Gasteiger partial charge on any atom is 0.194 e. The number of benzene rings is 1. The molecule has 4 heteroatoms. The maximum atomic E-state index is 11.9. The van der Waals surface area contributed by atoms with E-state index in [0.717, 1.165) is 30.3 Å². The van der Waals surface area contributed by atoms with Crippen LogP contribution in [0.2, 0.25) is 0 Å². The van der Waals surface area contributed by atoms with Crippen molar-refractivity contribution in [3.8, 4) is 0 Å². The predicted molar refractivity (Wildman–Crippen MR) is 105 cm³/mol. The molecule has 1 saturated carbocycles. The van der Waals surface area contributed by atoms with Crippen LogP contribution in [0.25, 0.3) is 0 Å². The van der Waals surface area contributed by atoms with Gasteiger partial charge in [0, 0.05) is 37.4 Å². The maximum absolute atomic E-state index is 11.9. The van der Waals surface area contributed by atoms with E-state index in [4.69, 9.17) is 0 Å². The molecule has 5 aliphatic heterocycles. The molecule has 27 heavy (non-hydrogen) atoms. The molecule has 1 aliphatic carbocycles. The van der Waals surface area contributed by atoms with Gasteiger partial charge in [0.05, 0.1) is 30.1 Å². The van der Waals surface area contributed by atoms with Crippen molar-refractivity contribution in [3.05, 3.63) is 42.5 Å². The van der Waals surface area contributed by atoms with E-state index in [-0.39, 0.29) is 23.8 Å². The van der Waals surface area contributed by atoms with Gasteiger partial charge in [-0.2, -0.15) is 0 Å².